The summed E-state index contributed by atoms with van der Waals surface area (Å²) in [4.78, 5) is 11.7. The van der Waals surface area contributed by atoms with Crippen molar-refractivity contribution in [3.8, 4) is 0 Å². The lowest BCUT2D eigenvalue weighted by molar-refractivity contribution is -0.141. The first-order chi connectivity index (χ1) is 14.8. The molecule has 1 aliphatic carbocycles. The van der Waals surface area contributed by atoms with Gasteiger partial charge in [0.2, 0.25) is 0 Å². The summed E-state index contributed by atoms with van der Waals surface area (Å²) in [5, 5.41) is 7.68. The molecular weight excluding hydrogens is 464 g/mol. The van der Waals surface area contributed by atoms with Gasteiger partial charge in [-0.3, -0.25) is 9.89 Å². The number of hydrogen-bond acceptors (Lipinski definition) is 4. The highest BCUT2D eigenvalue weighted by Crippen LogP contribution is 2.32. The van der Waals surface area contributed by atoms with Gasteiger partial charge >= 0.3 is 12.4 Å². The zero-order valence-corrected chi connectivity index (χ0v) is 17.2. The summed E-state index contributed by atoms with van der Waals surface area (Å²) in [5.41, 5.74) is -2.60. The second-order valence-electron chi connectivity index (χ2n) is 7.66. The molecule has 1 aromatic heterocycles. The Morgan fingerprint density at radius 2 is 1.69 bits per heavy atom. The Morgan fingerprint density at radius 1 is 1.03 bits per heavy atom. The van der Waals surface area contributed by atoms with Gasteiger partial charge in [-0.25, -0.2) is 8.42 Å². The van der Waals surface area contributed by atoms with Crippen LogP contribution < -0.4 is 5.32 Å². The molecule has 13 heteroatoms. The Hall–Kier alpha value is -2.57. The summed E-state index contributed by atoms with van der Waals surface area (Å²) in [6, 6.07) is 3.80. The number of sulfone groups is 1. The molecule has 0 radical (unpaired) electrons. The third kappa shape index (κ3) is 5.81. The third-order valence-electron chi connectivity index (χ3n) is 5.27. The van der Waals surface area contributed by atoms with Gasteiger partial charge in [0, 0.05) is 12.1 Å². The van der Waals surface area contributed by atoms with Crippen molar-refractivity contribution >= 4 is 15.7 Å². The molecule has 1 saturated carbocycles. The van der Waals surface area contributed by atoms with E-state index in [4.69, 9.17) is 0 Å². The number of alkyl halides is 6. The maximum absolute atomic E-state index is 12.9. The van der Waals surface area contributed by atoms with E-state index in [-0.39, 0.29) is 23.4 Å². The normalized spacial score (nSPS) is 20.2. The van der Waals surface area contributed by atoms with Crippen molar-refractivity contribution in [3.05, 3.63) is 47.3 Å². The second kappa shape index (κ2) is 8.75. The topological polar surface area (TPSA) is 91.9 Å². The molecule has 0 saturated heterocycles. The number of aromatic nitrogens is 2. The van der Waals surface area contributed by atoms with Gasteiger partial charge in [-0.1, -0.05) is 6.07 Å². The summed E-state index contributed by atoms with van der Waals surface area (Å²) in [5.74, 6) is -1.40. The number of hydrogen-bond donors (Lipinski definition) is 2. The van der Waals surface area contributed by atoms with Crippen molar-refractivity contribution in [3.63, 3.8) is 0 Å². The van der Waals surface area contributed by atoms with Gasteiger partial charge in [-0.2, -0.15) is 31.4 Å². The number of aromatic amines is 1. The van der Waals surface area contributed by atoms with Crippen LogP contribution in [0.3, 0.4) is 0 Å². The molecule has 3 rings (SSSR count). The number of amides is 1. The SMILES string of the molecule is O=C(N[C@H]1CC[C@H](CS(=O)(=O)c2cccc(C(F)(F)F)c2)CC1)c1cc(C(F)(F)F)n[nH]1. The second-order valence-corrected chi connectivity index (χ2v) is 9.70. The molecule has 0 atom stereocenters. The highest BCUT2D eigenvalue weighted by atomic mass is 32.2. The molecule has 2 N–H and O–H groups in total. The number of carbonyl (C=O) groups excluding carboxylic acids is 1. The first kappa shape index (κ1) is 24.1. The fourth-order valence-corrected chi connectivity index (χ4v) is 5.33. The summed E-state index contributed by atoms with van der Waals surface area (Å²) < 4.78 is 101. The monoisotopic (exact) mass is 483 g/mol. The van der Waals surface area contributed by atoms with Gasteiger partial charge in [0.25, 0.3) is 5.91 Å². The van der Waals surface area contributed by atoms with Crippen LogP contribution in [0.25, 0.3) is 0 Å². The Kier molecular flexibility index (Phi) is 6.59. The van der Waals surface area contributed by atoms with Crippen molar-refractivity contribution < 1.29 is 39.6 Å². The van der Waals surface area contributed by atoms with Gasteiger partial charge in [0.05, 0.1) is 16.2 Å². The molecule has 0 unspecified atom stereocenters. The van der Waals surface area contributed by atoms with Gasteiger partial charge in [-0.05, 0) is 49.8 Å². The van der Waals surface area contributed by atoms with Gasteiger partial charge in [0.15, 0.2) is 15.5 Å². The molecule has 0 bridgehead atoms. The Balaban J connectivity index is 1.56. The van der Waals surface area contributed by atoms with E-state index < -0.39 is 44.2 Å². The smallest absolute Gasteiger partial charge is 0.348 e. The fourth-order valence-electron chi connectivity index (χ4n) is 3.59. The Morgan fingerprint density at radius 3 is 2.25 bits per heavy atom. The highest BCUT2D eigenvalue weighted by molar-refractivity contribution is 7.91. The lowest BCUT2D eigenvalue weighted by Crippen LogP contribution is -2.38. The van der Waals surface area contributed by atoms with E-state index in [0.717, 1.165) is 18.2 Å². The summed E-state index contributed by atoms with van der Waals surface area (Å²) in [6.45, 7) is 0. The van der Waals surface area contributed by atoms with Crippen molar-refractivity contribution in [1.82, 2.24) is 15.5 Å². The van der Waals surface area contributed by atoms with Gasteiger partial charge in [0.1, 0.15) is 5.69 Å². The highest BCUT2D eigenvalue weighted by Gasteiger charge is 2.35. The number of nitrogens with one attached hydrogen (secondary N) is 2. The zero-order valence-electron chi connectivity index (χ0n) is 16.4. The van der Waals surface area contributed by atoms with Crippen LogP contribution in [-0.2, 0) is 22.2 Å². The van der Waals surface area contributed by atoms with Crippen LogP contribution in [0.5, 0.6) is 0 Å². The Bertz CT molecular complexity index is 1070. The lowest BCUT2D eigenvalue weighted by Gasteiger charge is -2.28. The first-order valence-electron chi connectivity index (χ1n) is 9.59. The van der Waals surface area contributed by atoms with E-state index in [1.54, 1.807) is 0 Å². The Labute approximate surface area is 179 Å². The van der Waals surface area contributed by atoms with E-state index in [0.29, 0.717) is 37.8 Å². The number of H-pyrrole nitrogens is 1. The van der Waals surface area contributed by atoms with E-state index in [2.05, 4.69) is 10.4 Å². The standard InChI is InChI=1S/C19H19F6N3O3S/c20-18(21,22)12-2-1-3-14(8-12)32(30,31)10-11-4-6-13(7-5-11)26-17(29)15-9-16(28-27-15)19(23,24)25/h1-3,8-9,11,13H,4-7,10H2,(H,26,29)(H,27,28)/t11-,13-. The molecular formula is C19H19F6N3O3S. The van der Waals surface area contributed by atoms with Crippen molar-refractivity contribution in [2.45, 2.75) is 49.0 Å². The molecule has 6 nitrogen and oxygen atoms in total. The average molecular weight is 483 g/mol. The molecule has 32 heavy (non-hydrogen) atoms. The molecule has 1 heterocycles. The fraction of sp³-hybridized carbons (Fsp3) is 0.474. The number of benzene rings is 1. The van der Waals surface area contributed by atoms with E-state index in [1.807, 2.05) is 5.10 Å². The van der Waals surface area contributed by atoms with Crippen LogP contribution in [0.1, 0.15) is 47.4 Å². The minimum Gasteiger partial charge on any atom is -0.348 e. The van der Waals surface area contributed by atoms with Crippen LogP contribution in [0.15, 0.2) is 35.2 Å². The summed E-state index contributed by atoms with van der Waals surface area (Å²) in [7, 11) is -3.94. The van der Waals surface area contributed by atoms with Crippen molar-refractivity contribution in [2.24, 2.45) is 5.92 Å². The van der Waals surface area contributed by atoms with Crippen LogP contribution in [0.2, 0.25) is 0 Å². The maximum atomic E-state index is 12.9. The third-order valence-corrected chi connectivity index (χ3v) is 7.15. The van der Waals surface area contributed by atoms with E-state index >= 15 is 0 Å². The number of nitrogens with zero attached hydrogens (tertiary/aromatic N) is 1. The van der Waals surface area contributed by atoms with Crippen LogP contribution in [0, 0.1) is 5.92 Å². The molecule has 1 aromatic carbocycles. The molecule has 1 fully saturated rings. The van der Waals surface area contributed by atoms with Crippen LogP contribution >= 0.6 is 0 Å². The molecule has 1 aliphatic rings. The molecule has 2 aromatic rings. The van der Waals surface area contributed by atoms with Gasteiger partial charge < -0.3 is 5.32 Å². The zero-order chi connectivity index (χ0) is 23.7. The number of rotatable bonds is 5. The van der Waals surface area contributed by atoms with E-state index in [9.17, 15) is 39.6 Å². The predicted molar refractivity (Wildman–Crippen MR) is 100 cm³/mol. The molecule has 1 amide bonds. The average Bonchev–Trinajstić information content (AvgIpc) is 3.20. The summed E-state index contributed by atoms with van der Waals surface area (Å²) >= 11 is 0. The number of carbonyl (C=O) groups is 1. The van der Waals surface area contributed by atoms with Crippen molar-refractivity contribution in [2.75, 3.05) is 5.75 Å². The molecule has 176 valence electrons. The number of halogens is 6. The van der Waals surface area contributed by atoms with Crippen LogP contribution in [-0.4, -0.2) is 36.3 Å². The summed E-state index contributed by atoms with van der Waals surface area (Å²) in [6.07, 6.45) is -7.79. The lowest BCUT2D eigenvalue weighted by atomic mass is 9.87. The largest absolute Gasteiger partial charge is 0.435 e. The first-order valence-corrected chi connectivity index (χ1v) is 11.2. The predicted octanol–water partition coefficient (Wildman–Crippen LogP) is 4.21. The molecule has 0 aliphatic heterocycles. The van der Waals surface area contributed by atoms with E-state index in [1.165, 1.54) is 0 Å². The quantitative estimate of drug-likeness (QED) is 0.624. The molecule has 0 spiro atoms. The minimum absolute atomic E-state index is 0.313. The minimum atomic E-state index is -4.68. The maximum Gasteiger partial charge on any atom is 0.435 e. The van der Waals surface area contributed by atoms with Crippen LogP contribution in [0.4, 0.5) is 26.3 Å². The van der Waals surface area contributed by atoms with Crippen molar-refractivity contribution in [1.29, 1.82) is 0 Å². The van der Waals surface area contributed by atoms with Gasteiger partial charge in [-0.15, -0.1) is 0 Å².